The molecule has 17 heteroatoms. The fourth-order valence-corrected chi connectivity index (χ4v) is 14.7. The lowest BCUT2D eigenvalue weighted by molar-refractivity contribution is -0.142. The Morgan fingerprint density at radius 3 is 2.22 bits per heavy atom. The summed E-state index contributed by atoms with van der Waals surface area (Å²) in [6.45, 7) is 30.2. The summed E-state index contributed by atoms with van der Waals surface area (Å²) in [6, 6.07) is 13.9. The number of esters is 1. The fourth-order valence-electron chi connectivity index (χ4n) is 14.7. The predicted molar refractivity (Wildman–Crippen MR) is 372 cm³/mol. The number of β-amino-alcohol motifs (C(OH)–C–C–N with tert-alkyl or cyclic N) is 1. The van der Waals surface area contributed by atoms with Gasteiger partial charge in [0.1, 0.15) is 41.2 Å². The van der Waals surface area contributed by atoms with Crippen LogP contribution in [-0.4, -0.2) is 111 Å². The number of nitrogens with zero attached hydrogens (tertiary/aromatic N) is 6. The zero-order chi connectivity index (χ0) is 68.2. The van der Waals surface area contributed by atoms with Crippen LogP contribution in [0.25, 0.3) is 32.9 Å². The fraction of sp³-hybridized carbons (Fsp3) is 0.645. The number of hydrogen-bond acceptors (Lipinski definition) is 13. The van der Waals surface area contributed by atoms with Gasteiger partial charge in [0.15, 0.2) is 5.82 Å². The topological polar surface area (TPSA) is 188 Å². The van der Waals surface area contributed by atoms with Gasteiger partial charge in [-0.15, -0.1) is 0 Å². The number of rotatable bonds is 22. The quantitative estimate of drug-likeness (QED) is 0.0439. The molecule has 7 unspecified atom stereocenters. The number of methoxy groups -OCH3 is 1. The number of anilines is 2. The van der Waals surface area contributed by atoms with E-state index in [1.54, 1.807) is 11.8 Å². The van der Waals surface area contributed by atoms with E-state index in [2.05, 4.69) is 85.8 Å². The summed E-state index contributed by atoms with van der Waals surface area (Å²) < 4.78 is 40.1. The van der Waals surface area contributed by atoms with Gasteiger partial charge in [0.25, 0.3) is 0 Å². The van der Waals surface area contributed by atoms with Gasteiger partial charge in [-0.25, -0.2) is 8.78 Å². The van der Waals surface area contributed by atoms with E-state index in [1.165, 1.54) is 153 Å². The van der Waals surface area contributed by atoms with Crippen LogP contribution in [0.4, 0.5) is 20.3 Å². The first-order valence-electron chi connectivity index (χ1n) is 35.4. The number of phenols is 1. The van der Waals surface area contributed by atoms with Crippen LogP contribution < -0.4 is 19.9 Å². The molecule has 514 valence electrons. The Morgan fingerprint density at radius 2 is 1.58 bits per heavy atom. The Morgan fingerprint density at radius 1 is 0.849 bits per heavy atom. The number of pyridine rings is 1. The number of nitrogens with one attached hydrogen (secondary N) is 1. The van der Waals surface area contributed by atoms with E-state index in [4.69, 9.17) is 9.47 Å². The number of aromatic nitrogens is 3. The average Bonchev–Trinajstić information content (AvgIpc) is 1.49. The van der Waals surface area contributed by atoms with E-state index in [9.17, 15) is 33.8 Å². The Bertz CT molecular complexity index is 3240. The minimum Gasteiger partial charge on any atom is -0.508 e. The summed E-state index contributed by atoms with van der Waals surface area (Å²) in [5.74, 6) is 1.45. The summed E-state index contributed by atoms with van der Waals surface area (Å²) in [4.78, 5) is 66.8. The van der Waals surface area contributed by atoms with E-state index in [0.717, 1.165) is 59.7 Å². The number of halogens is 2. The smallest absolute Gasteiger partial charge is 0.318 e. The monoisotopic (exact) mass is 1290 g/mol. The number of benzene rings is 3. The van der Waals surface area contributed by atoms with Crippen molar-refractivity contribution in [1.82, 2.24) is 25.2 Å². The Labute approximate surface area is 555 Å². The Hall–Kier alpha value is -6.33. The van der Waals surface area contributed by atoms with Gasteiger partial charge in [0.05, 0.1) is 18.1 Å². The van der Waals surface area contributed by atoms with Gasteiger partial charge in [-0.1, -0.05) is 126 Å². The molecule has 4 saturated heterocycles. The summed E-state index contributed by atoms with van der Waals surface area (Å²) in [6.07, 6.45) is 25.9. The van der Waals surface area contributed by atoms with Gasteiger partial charge < -0.3 is 24.6 Å². The second-order valence-electron chi connectivity index (χ2n) is 27.6. The van der Waals surface area contributed by atoms with Crippen molar-refractivity contribution in [1.29, 1.82) is 0 Å². The maximum Gasteiger partial charge on any atom is 0.318 e. The van der Waals surface area contributed by atoms with Gasteiger partial charge in [-0.2, -0.15) is 9.97 Å². The molecule has 6 heterocycles. The molecule has 7 atom stereocenters. The lowest BCUT2D eigenvalue weighted by Gasteiger charge is -2.47. The van der Waals surface area contributed by atoms with Crippen LogP contribution in [0.5, 0.6) is 11.8 Å². The van der Waals surface area contributed by atoms with Crippen molar-refractivity contribution in [2.75, 3.05) is 43.2 Å². The summed E-state index contributed by atoms with van der Waals surface area (Å²) >= 11 is 0. The Balaban J connectivity index is 0.000000209. The van der Waals surface area contributed by atoms with Gasteiger partial charge in [0, 0.05) is 62.4 Å². The number of ether oxygens (including phenoxy) is 2. The average molecular weight is 1290 g/mol. The molecule has 5 aromatic rings. The second-order valence-corrected chi connectivity index (χ2v) is 27.6. The zero-order valence-electron chi connectivity index (χ0n) is 58.9. The number of amides is 3. The molecule has 1 aliphatic carbocycles. The molecule has 3 aromatic carbocycles. The lowest BCUT2D eigenvalue weighted by atomic mass is 9.58. The van der Waals surface area contributed by atoms with E-state index < -0.39 is 23.3 Å². The standard InChI is InChI=1S/C26H40N2O3.C24H22F2N4O3.C14H28.C10H17NO2.C2H6/c1-6-9-20(12-11-18(4)8-3)21-13-14-22(19(5)17-21)28(25(30)10-7-2)23-15-16-24(29)27-26(23)31;1-24(32)6-3-7-30(12-24)22-18-11-27-20(19(26)21(18)28-23(29-22)33-2)17-10-15(31)8-13-4-5-14(25)9-16(13)17;1-5-8-14(10-13(4)11-14)9-7-12(3)6-2;1-8(12)13-7-10-5-4-9-3-2-6-11(9)10;1-2/h13-14,17-18,20,23H,6-12,15-16H2,1-5H3,(H,27,29,31);4-5,8-11,31-32H,3,6-7,12H2,1-2H3;12-13H,5-11H2,1-4H3;9-10H,2-7H2,1H3;1-2H3. The number of fused-ring (bicyclic) bond motifs is 3. The molecule has 5 fully saturated rings. The molecular weight excluding hydrogens is 1180 g/mol. The molecule has 0 radical (unpaired) electrons. The molecule has 2 aromatic heterocycles. The van der Waals surface area contributed by atoms with Gasteiger partial charge >= 0.3 is 12.0 Å². The van der Waals surface area contributed by atoms with Crippen molar-refractivity contribution in [3.05, 3.63) is 77.5 Å². The van der Waals surface area contributed by atoms with Crippen LogP contribution in [-0.2, 0) is 23.9 Å². The van der Waals surface area contributed by atoms with Crippen molar-refractivity contribution in [3.8, 4) is 23.0 Å². The van der Waals surface area contributed by atoms with Gasteiger partial charge in [-0.05, 0) is 192 Å². The third-order valence-electron chi connectivity index (χ3n) is 19.9. The highest BCUT2D eigenvalue weighted by Crippen LogP contribution is 2.52. The van der Waals surface area contributed by atoms with Crippen molar-refractivity contribution >= 4 is 56.9 Å². The molecule has 3 N–H and O–H groups in total. The molecule has 5 aliphatic rings. The second kappa shape index (κ2) is 36.0. The van der Waals surface area contributed by atoms with Crippen molar-refractivity contribution < 1.29 is 47.6 Å². The first-order valence-corrected chi connectivity index (χ1v) is 35.4. The maximum absolute atomic E-state index is 15.9. The van der Waals surface area contributed by atoms with Crippen molar-refractivity contribution in [2.45, 2.75) is 261 Å². The number of carbonyl (C=O) groups is 4. The molecule has 0 spiro atoms. The zero-order valence-corrected chi connectivity index (χ0v) is 58.9. The molecular formula is C76H113F2N7O8. The third kappa shape index (κ3) is 20.6. The number of aliphatic hydroxyl groups is 1. The van der Waals surface area contributed by atoms with Crippen LogP contribution in [0.2, 0.25) is 0 Å². The number of piperidine rings is 2. The molecule has 3 amide bonds. The van der Waals surface area contributed by atoms with Crippen LogP contribution in [0, 0.1) is 41.7 Å². The summed E-state index contributed by atoms with van der Waals surface area (Å²) in [5, 5.41) is 24.4. The maximum atomic E-state index is 15.9. The van der Waals surface area contributed by atoms with E-state index in [0.29, 0.717) is 79.3 Å². The van der Waals surface area contributed by atoms with E-state index >= 15 is 4.39 Å². The number of carbonyl (C=O) groups excluding carboxylic acids is 4. The predicted octanol–water partition coefficient (Wildman–Crippen LogP) is 17.1. The van der Waals surface area contributed by atoms with Crippen LogP contribution in [0.15, 0.2) is 54.7 Å². The van der Waals surface area contributed by atoms with E-state index in [1.807, 2.05) is 38.7 Å². The molecule has 4 aliphatic heterocycles. The van der Waals surface area contributed by atoms with Crippen LogP contribution in [0.3, 0.4) is 0 Å². The Kier molecular flexibility index (Phi) is 29.3. The third-order valence-corrected chi connectivity index (χ3v) is 19.9. The highest BCUT2D eigenvalue weighted by atomic mass is 19.1. The molecule has 93 heavy (non-hydrogen) atoms. The molecule has 10 rings (SSSR count). The first-order chi connectivity index (χ1) is 44.5. The minimum atomic E-state index is -0.904. The van der Waals surface area contributed by atoms with Gasteiger partial charge in [0.2, 0.25) is 17.7 Å². The first kappa shape index (κ1) is 75.7. The largest absolute Gasteiger partial charge is 0.508 e. The lowest BCUT2D eigenvalue weighted by Crippen LogP contribution is -2.54. The SMILES string of the molecule is CC.CC(=O)OCC1CCC2CCCN21.CCCC(=O)N(c1ccc(C(CCC)CCC(C)CC)cc1C)C1CCC(=O)NC1=O.CCCC1(CCC(C)CC)CC(C)C1.COc1nc(N2CCCC(C)(O)C2)c2cnc(-c3cc(O)cc4ccc(F)cc34)c(F)c2n1. The van der Waals surface area contributed by atoms with Crippen LogP contribution >= 0.6 is 0 Å². The number of aromatic hydroxyl groups is 1. The molecule has 0 bridgehead atoms. The van der Waals surface area contributed by atoms with Gasteiger partial charge in [-0.3, -0.25) is 39.3 Å². The molecule has 1 saturated carbocycles. The van der Waals surface area contributed by atoms with E-state index in [-0.39, 0.29) is 58.6 Å². The highest BCUT2D eigenvalue weighted by molar-refractivity contribution is 6.07. The normalized spacial score (nSPS) is 22.6. The number of phenolic OH excluding ortho intramolecular Hbond substituents is 1. The number of imide groups is 1. The van der Waals surface area contributed by atoms with Crippen LogP contribution in [0.1, 0.15) is 241 Å². The number of hydrogen-bond donors (Lipinski definition) is 3. The number of aryl methyl sites for hydroxylation is 1. The summed E-state index contributed by atoms with van der Waals surface area (Å²) in [5.41, 5.74) is 3.13. The minimum absolute atomic E-state index is 0.0139. The summed E-state index contributed by atoms with van der Waals surface area (Å²) in [7, 11) is 1.39. The van der Waals surface area contributed by atoms with Crippen molar-refractivity contribution in [3.63, 3.8) is 0 Å². The highest BCUT2D eigenvalue weighted by Gasteiger charge is 2.41. The molecule has 15 nitrogen and oxygen atoms in total. The van der Waals surface area contributed by atoms with Crippen molar-refractivity contribution in [2.24, 2.45) is 23.2 Å².